The molecule has 0 aliphatic heterocycles. The lowest BCUT2D eigenvalue weighted by Gasteiger charge is -2.14. The molecular weight excluding hydrogens is 262 g/mol. The maximum Gasteiger partial charge on any atom is 0.125 e. The second kappa shape index (κ2) is 7.25. The van der Waals surface area contributed by atoms with E-state index in [1.165, 1.54) is 16.7 Å². The molecule has 0 saturated heterocycles. The molecule has 2 rings (SSSR count). The van der Waals surface area contributed by atoms with E-state index < -0.39 is 0 Å². The first-order chi connectivity index (χ1) is 10.1. The van der Waals surface area contributed by atoms with Crippen molar-refractivity contribution in [3.05, 3.63) is 40.7 Å². The van der Waals surface area contributed by atoms with E-state index in [2.05, 4.69) is 50.1 Å². The Hall–Kier alpha value is -1.84. The van der Waals surface area contributed by atoms with Crippen LogP contribution in [0, 0.1) is 13.8 Å². The second-order valence-corrected chi connectivity index (χ2v) is 5.48. The highest BCUT2D eigenvalue weighted by molar-refractivity contribution is 5.44. The van der Waals surface area contributed by atoms with Crippen molar-refractivity contribution in [3.8, 4) is 5.75 Å². The van der Waals surface area contributed by atoms with Crippen LogP contribution in [-0.2, 0) is 19.4 Å². The van der Waals surface area contributed by atoms with Gasteiger partial charge in [-0.1, -0.05) is 29.8 Å². The summed E-state index contributed by atoms with van der Waals surface area (Å²) in [6, 6.07) is 4.41. The lowest BCUT2D eigenvalue weighted by molar-refractivity contribution is 0.312. The normalized spacial score (nSPS) is 10.9. The predicted octanol–water partition coefficient (Wildman–Crippen LogP) is 3.49. The van der Waals surface area contributed by atoms with Gasteiger partial charge in [0.2, 0.25) is 0 Å². The standard InChI is InChI=1S/C17H25N3O/c1-5-9-21-17-14(4)10-13(3)11-15(17)7-8-16-12-20(6-2)19-18-16/h10-12H,5-9H2,1-4H3. The molecule has 21 heavy (non-hydrogen) atoms. The van der Waals surface area contributed by atoms with Crippen LogP contribution in [0.3, 0.4) is 0 Å². The summed E-state index contributed by atoms with van der Waals surface area (Å²) < 4.78 is 7.81. The first kappa shape index (κ1) is 15.5. The number of rotatable bonds is 7. The van der Waals surface area contributed by atoms with Crippen molar-refractivity contribution in [2.24, 2.45) is 0 Å². The smallest absolute Gasteiger partial charge is 0.125 e. The summed E-state index contributed by atoms with van der Waals surface area (Å²) in [6.07, 6.45) is 4.88. The first-order valence-electron chi connectivity index (χ1n) is 7.76. The van der Waals surface area contributed by atoms with E-state index in [4.69, 9.17) is 4.74 Å². The fourth-order valence-electron chi connectivity index (χ4n) is 2.51. The Kier molecular flexibility index (Phi) is 5.37. The fraction of sp³-hybridized carbons (Fsp3) is 0.529. The Bertz CT molecular complexity index is 590. The molecule has 0 saturated carbocycles. The first-order valence-corrected chi connectivity index (χ1v) is 7.76. The van der Waals surface area contributed by atoms with Crippen molar-refractivity contribution >= 4 is 0 Å². The van der Waals surface area contributed by atoms with Crippen molar-refractivity contribution in [2.75, 3.05) is 6.61 Å². The topological polar surface area (TPSA) is 39.9 Å². The number of ether oxygens (including phenoxy) is 1. The fourth-order valence-corrected chi connectivity index (χ4v) is 2.51. The van der Waals surface area contributed by atoms with E-state index in [1.807, 2.05) is 10.9 Å². The van der Waals surface area contributed by atoms with Crippen LogP contribution in [0.25, 0.3) is 0 Å². The molecule has 0 bridgehead atoms. The molecule has 1 aromatic carbocycles. The molecule has 0 fully saturated rings. The summed E-state index contributed by atoms with van der Waals surface area (Å²) in [5, 5.41) is 8.30. The Morgan fingerprint density at radius 3 is 2.62 bits per heavy atom. The van der Waals surface area contributed by atoms with Gasteiger partial charge in [0, 0.05) is 12.7 Å². The van der Waals surface area contributed by atoms with Gasteiger partial charge in [-0.25, -0.2) is 0 Å². The molecule has 0 aliphatic rings. The third kappa shape index (κ3) is 4.06. The van der Waals surface area contributed by atoms with Gasteiger partial charge >= 0.3 is 0 Å². The van der Waals surface area contributed by atoms with Gasteiger partial charge in [-0.2, -0.15) is 0 Å². The number of nitrogens with zero attached hydrogens (tertiary/aromatic N) is 3. The van der Waals surface area contributed by atoms with Crippen LogP contribution in [0.4, 0.5) is 0 Å². The Morgan fingerprint density at radius 2 is 1.95 bits per heavy atom. The third-order valence-electron chi connectivity index (χ3n) is 3.51. The van der Waals surface area contributed by atoms with E-state index >= 15 is 0 Å². The van der Waals surface area contributed by atoms with Gasteiger partial charge in [-0.15, -0.1) is 5.10 Å². The predicted molar refractivity (Wildman–Crippen MR) is 84.8 cm³/mol. The molecule has 0 atom stereocenters. The van der Waals surface area contributed by atoms with E-state index in [-0.39, 0.29) is 0 Å². The Balaban J connectivity index is 2.13. The number of hydrogen-bond acceptors (Lipinski definition) is 3. The maximum absolute atomic E-state index is 5.95. The Morgan fingerprint density at radius 1 is 1.14 bits per heavy atom. The molecule has 4 heteroatoms. The van der Waals surface area contributed by atoms with Crippen molar-refractivity contribution in [3.63, 3.8) is 0 Å². The summed E-state index contributed by atoms with van der Waals surface area (Å²) in [6.45, 7) is 10.1. The zero-order valence-corrected chi connectivity index (χ0v) is 13.5. The number of aromatic nitrogens is 3. The van der Waals surface area contributed by atoms with E-state index in [9.17, 15) is 0 Å². The minimum Gasteiger partial charge on any atom is -0.493 e. The summed E-state index contributed by atoms with van der Waals surface area (Å²) in [5.74, 6) is 1.05. The number of hydrogen-bond donors (Lipinski definition) is 0. The second-order valence-electron chi connectivity index (χ2n) is 5.48. The summed E-state index contributed by atoms with van der Waals surface area (Å²) >= 11 is 0. The van der Waals surface area contributed by atoms with Crippen LogP contribution in [0.2, 0.25) is 0 Å². The molecule has 114 valence electrons. The van der Waals surface area contributed by atoms with E-state index in [0.29, 0.717) is 0 Å². The monoisotopic (exact) mass is 287 g/mol. The molecular formula is C17H25N3O. The maximum atomic E-state index is 5.95. The molecule has 0 unspecified atom stereocenters. The molecule has 0 spiro atoms. The highest BCUT2D eigenvalue weighted by atomic mass is 16.5. The number of benzene rings is 1. The average Bonchev–Trinajstić information content (AvgIpc) is 2.92. The van der Waals surface area contributed by atoms with Crippen molar-refractivity contribution in [1.29, 1.82) is 0 Å². The molecule has 2 aromatic rings. The van der Waals surface area contributed by atoms with Crippen LogP contribution in [-0.4, -0.2) is 21.6 Å². The van der Waals surface area contributed by atoms with Crippen molar-refractivity contribution < 1.29 is 4.74 Å². The molecule has 4 nitrogen and oxygen atoms in total. The lowest BCUT2D eigenvalue weighted by atomic mass is 10.0. The zero-order valence-electron chi connectivity index (χ0n) is 13.5. The van der Waals surface area contributed by atoms with E-state index in [1.54, 1.807) is 0 Å². The van der Waals surface area contributed by atoms with Crippen LogP contribution >= 0.6 is 0 Å². The minimum absolute atomic E-state index is 0.767. The van der Waals surface area contributed by atoms with Crippen molar-refractivity contribution in [2.45, 2.75) is 53.5 Å². The summed E-state index contributed by atoms with van der Waals surface area (Å²) in [7, 11) is 0. The highest BCUT2D eigenvalue weighted by Gasteiger charge is 2.10. The van der Waals surface area contributed by atoms with Crippen LogP contribution < -0.4 is 4.74 Å². The van der Waals surface area contributed by atoms with Crippen LogP contribution in [0.1, 0.15) is 42.7 Å². The molecule has 0 aliphatic carbocycles. The third-order valence-corrected chi connectivity index (χ3v) is 3.51. The quantitative estimate of drug-likeness (QED) is 0.782. The lowest BCUT2D eigenvalue weighted by Crippen LogP contribution is -2.03. The molecule has 0 N–H and O–H groups in total. The van der Waals surface area contributed by atoms with Gasteiger partial charge in [-0.05, 0) is 51.2 Å². The largest absolute Gasteiger partial charge is 0.493 e. The van der Waals surface area contributed by atoms with E-state index in [0.717, 1.165) is 43.9 Å². The SMILES string of the molecule is CCCOc1c(C)cc(C)cc1CCc1cn(CC)nn1. The van der Waals surface area contributed by atoms with Gasteiger partial charge in [0.05, 0.1) is 12.3 Å². The molecule has 1 aromatic heterocycles. The van der Waals surface area contributed by atoms with Gasteiger partial charge in [-0.3, -0.25) is 4.68 Å². The average molecular weight is 287 g/mol. The Labute approximate surface area is 127 Å². The van der Waals surface area contributed by atoms with Crippen LogP contribution in [0.15, 0.2) is 18.3 Å². The van der Waals surface area contributed by atoms with Crippen molar-refractivity contribution in [1.82, 2.24) is 15.0 Å². The van der Waals surface area contributed by atoms with Gasteiger partial charge in [0.1, 0.15) is 5.75 Å². The minimum atomic E-state index is 0.767. The zero-order chi connectivity index (χ0) is 15.2. The van der Waals surface area contributed by atoms with Crippen LogP contribution in [0.5, 0.6) is 5.75 Å². The molecule has 0 radical (unpaired) electrons. The highest BCUT2D eigenvalue weighted by Crippen LogP contribution is 2.26. The summed E-state index contributed by atoms with van der Waals surface area (Å²) in [4.78, 5) is 0. The molecule has 1 heterocycles. The van der Waals surface area contributed by atoms with Gasteiger partial charge < -0.3 is 4.74 Å². The summed E-state index contributed by atoms with van der Waals surface area (Å²) in [5.41, 5.74) is 4.81. The van der Waals surface area contributed by atoms with Gasteiger partial charge in [0.15, 0.2) is 0 Å². The number of aryl methyl sites for hydroxylation is 5. The molecule has 0 amide bonds. The van der Waals surface area contributed by atoms with Gasteiger partial charge in [0.25, 0.3) is 0 Å².